The van der Waals surface area contributed by atoms with E-state index in [1.54, 1.807) is 30.5 Å². The maximum atomic E-state index is 12.9. The molecule has 0 aliphatic heterocycles. The van der Waals surface area contributed by atoms with Crippen molar-refractivity contribution in [2.75, 3.05) is 5.32 Å². The van der Waals surface area contributed by atoms with Crippen molar-refractivity contribution in [1.29, 1.82) is 0 Å². The van der Waals surface area contributed by atoms with Gasteiger partial charge in [-0.25, -0.2) is 5.43 Å². The molecule has 2 atom stereocenters. The van der Waals surface area contributed by atoms with Gasteiger partial charge in [-0.3, -0.25) is 9.59 Å². The van der Waals surface area contributed by atoms with E-state index in [0.717, 1.165) is 12.8 Å². The molecule has 0 saturated heterocycles. The molecule has 0 bridgehead atoms. The molecule has 4 rings (SSSR count). The molecule has 0 aromatic heterocycles. The molecular weight excluding hydrogens is 504 g/mol. The fourth-order valence-corrected chi connectivity index (χ4v) is 4.90. The topological polar surface area (TPSA) is 70.6 Å². The van der Waals surface area contributed by atoms with Crippen LogP contribution in [0.4, 0.5) is 5.69 Å². The number of hydrogen-bond donors (Lipinski definition) is 2. The van der Waals surface area contributed by atoms with E-state index < -0.39 is 28.0 Å². The number of rotatable bonds is 6. The fraction of sp³-hybridized carbons (Fsp3) is 0.286. The third kappa shape index (κ3) is 5.12. The Morgan fingerprint density at radius 3 is 2.35 bits per heavy atom. The first-order valence-corrected chi connectivity index (χ1v) is 11.3. The Hall–Kier alpha value is -1.50. The number of carbonyl (C=O) groups is 2. The molecule has 2 fully saturated rings. The zero-order chi connectivity index (χ0) is 22.3. The number of halogens is 5. The van der Waals surface area contributed by atoms with Gasteiger partial charge < -0.3 is 5.32 Å². The van der Waals surface area contributed by atoms with Gasteiger partial charge in [0.25, 0.3) is 5.91 Å². The number of nitrogens with zero attached hydrogens (tertiary/aromatic N) is 1. The fourth-order valence-electron chi connectivity index (χ4n) is 3.33. The summed E-state index contributed by atoms with van der Waals surface area (Å²) in [7, 11) is 0. The molecule has 2 amide bonds. The van der Waals surface area contributed by atoms with Crippen LogP contribution < -0.4 is 10.7 Å². The van der Waals surface area contributed by atoms with Gasteiger partial charge in [0.1, 0.15) is 4.33 Å². The van der Waals surface area contributed by atoms with Crippen molar-refractivity contribution in [3.8, 4) is 0 Å². The molecule has 5 nitrogen and oxygen atoms in total. The van der Waals surface area contributed by atoms with Crippen molar-refractivity contribution in [2.45, 2.75) is 23.1 Å². The Labute approximate surface area is 204 Å². The lowest BCUT2D eigenvalue weighted by Gasteiger charge is -2.09. The number of hydrogen-bond acceptors (Lipinski definition) is 3. The third-order valence-electron chi connectivity index (χ3n) is 5.13. The average molecular weight is 520 g/mol. The first-order valence-electron chi connectivity index (χ1n) is 9.44. The van der Waals surface area contributed by atoms with Gasteiger partial charge in [-0.05, 0) is 60.7 Å². The van der Waals surface area contributed by atoms with Crippen LogP contribution in [0.3, 0.4) is 0 Å². The van der Waals surface area contributed by atoms with E-state index in [2.05, 4.69) is 15.8 Å². The Balaban J connectivity index is 1.47. The molecule has 2 aromatic rings. The largest absolute Gasteiger partial charge is 0.326 e. The monoisotopic (exact) mass is 517 g/mol. The van der Waals surface area contributed by atoms with E-state index in [1.165, 1.54) is 12.1 Å². The average Bonchev–Trinajstić information content (AvgIpc) is 3.58. The van der Waals surface area contributed by atoms with Crippen LogP contribution in [0, 0.1) is 11.8 Å². The van der Waals surface area contributed by atoms with Crippen molar-refractivity contribution in [2.24, 2.45) is 16.9 Å². The summed E-state index contributed by atoms with van der Waals surface area (Å²) in [6, 6.07) is 9.52. The van der Waals surface area contributed by atoms with Gasteiger partial charge in [-0.2, -0.15) is 5.10 Å². The molecule has 31 heavy (non-hydrogen) atoms. The summed E-state index contributed by atoms with van der Waals surface area (Å²) < 4.78 is -1.30. The van der Waals surface area contributed by atoms with Crippen LogP contribution in [-0.2, 0) is 4.79 Å². The number of alkyl halides is 2. The van der Waals surface area contributed by atoms with E-state index in [9.17, 15) is 9.59 Å². The second-order valence-electron chi connectivity index (χ2n) is 7.57. The minimum Gasteiger partial charge on any atom is -0.326 e. The number of hydrazone groups is 1. The number of benzene rings is 2. The van der Waals surface area contributed by atoms with Crippen molar-refractivity contribution < 1.29 is 9.59 Å². The maximum Gasteiger partial charge on any atom is 0.272 e. The first-order chi connectivity index (χ1) is 14.7. The van der Waals surface area contributed by atoms with Crippen LogP contribution in [-0.4, -0.2) is 22.4 Å². The predicted molar refractivity (Wildman–Crippen MR) is 126 cm³/mol. The molecule has 2 aliphatic rings. The summed E-state index contributed by atoms with van der Waals surface area (Å²) in [5.74, 6) is -1.64. The van der Waals surface area contributed by atoms with E-state index in [-0.39, 0.29) is 10.6 Å². The Kier molecular flexibility index (Phi) is 6.44. The number of amides is 2. The van der Waals surface area contributed by atoms with Crippen LogP contribution in [0.2, 0.25) is 15.1 Å². The quantitative estimate of drug-likeness (QED) is 0.267. The summed E-state index contributed by atoms with van der Waals surface area (Å²) in [5.41, 5.74) is 3.68. The smallest absolute Gasteiger partial charge is 0.272 e. The summed E-state index contributed by atoms with van der Waals surface area (Å²) in [4.78, 5) is 25.2. The third-order valence-corrected chi connectivity index (χ3v) is 6.84. The summed E-state index contributed by atoms with van der Waals surface area (Å²) >= 11 is 31.0. The number of carbonyl (C=O) groups excluding carboxylic acids is 2. The van der Waals surface area contributed by atoms with Crippen molar-refractivity contribution in [1.82, 2.24) is 5.43 Å². The van der Waals surface area contributed by atoms with E-state index in [1.807, 2.05) is 0 Å². The highest BCUT2D eigenvalue weighted by Gasteiger charge is 2.67. The van der Waals surface area contributed by atoms with Crippen LogP contribution >= 0.6 is 58.0 Å². The maximum absolute atomic E-state index is 12.9. The van der Waals surface area contributed by atoms with Gasteiger partial charge in [0.15, 0.2) is 0 Å². The van der Waals surface area contributed by atoms with Gasteiger partial charge >= 0.3 is 0 Å². The second kappa shape index (κ2) is 8.80. The number of nitrogens with one attached hydrogen (secondary N) is 2. The van der Waals surface area contributed by atoms with Crippen molar-refractivity contribution in [3.05, 3.63) is 62.6 Å². The standard InChI is InChI=1S/C21H16Cl5N3O2/c22-12-5-11(6-13(23)7-12)17-18(21(17,25)26)20(31)28-14-3-4-16(24)15(8-14)19(30)29-27-9-10-1-2-10/h3-10,17-18H,1-2H2,(H,28,31)(H,29,30)/t17-,18?/m1/s1. The van der Waals surface area contributed by atoms with E-state index >= 15 is 0 Å². The first kappa shape index (κ1) is 22.7. The molecule has 0 radical (unpaired) electrons. The molecule has 2 aromatic carbocycles. The van der Waals surface area contributed by atoms with E-state index in [0.29, 0.717) is 27.2 Å². The Bertz CT molecular complexity index is 1060. The van der Waals surface area contributed by atoms with Gasteiger partial charge in [0, 0.05) is 27.9 Å². The van der Waals surface area contributed by atoms with Gasteiger partial charge in [0.2, 0.25) is 5.91 Å². The van der Waals surface area contributed by atoms with Gasteiger partial charge in [-0.15, -0.1) is 23.2 Å². The van der Waals surface area contributed by atoms with Crippen molar-refractivity contribution >= 4 is 81.7 Å². The lowest BCUT2D eigenvalue weighted by atomic mass is 10.1. The summed E-state index contributed by atoms with van der Waals surface area (Å²) in [5, 5.41) is 7.76. The zero-order valence-electron chi connectivity index (χ0n) is 15.8. The van der Waals surface area contributed by atoms with E-state index in [4.69, 9.17) is 58.0 Å². The minimum atomic E-state index is -1.30. The molecule has 2 saturated carbocycles. The normalized spacial score (nSPS) is 21.7. The molecule has 1 unspecified atom stereocenters. The Morgan fingerprint density at radius 2 is 1.71 bits per heavy atom. The van der Waals surface area contributed by atoms with Gasteiger partial charge in [0.05, 0.1) is 16.5 Å². The highest BCUT2D eigenvalue weighted by atomic mass is 35.5. The van der Waals surface area contributed by atoms with Gasteiger partial charge in [-0.1, -0.05) is 34.8 Å². The lowest BCUT2D eigenvalue weighted by Crippen LogP contribution is -2.20. The Morgan fingerprint density at radius 1 is 1.03 bits per heavy atom. The van der Waals surface area contributed by atoms with Crippen LogP contribution in [0.5, 0.6) is 0 Å². The zero-order valence-corrected chi connectivity index (χ0v) is 19.6. The lowest BCUT2D eigenvalue weighted by molar-refractivity contribution is -0.117. The molecule has 162 valence electrons. The van der Waals surface area contributed by atoms with Crippen LogP contribution in [0.25, 0.3) is 0 Å². The highest BCUT2D eigenvalue weighted by Crippen LogP contribution is 2.65. The summed E-state index contributed by atoms with van der Waals surface area (Å²) in [6.45, 7) is 0. The summed E-state index contributed by atoms with van der Waals surface area (Å²) in [6.07, 6.45) is 3.86. The second-order valence-corrected chi connectivity index (χ2v) is 10.3. The minimum absolute atomic E-state index is 0.185. The molecule has 10 heteroatoms. The molecule has 0 heterocycles. The molecule has 0 spiro atoms. The molecule has 2 N–H and O–H groups in total. The van der Waals surface area contributed by atoms with Crippen LogP contribution in [0.1, 0.15) is 34.7 Å². The van der Waals surface area contributed by atoms with Crippen LogP contribution in [0.15, 0.2) is 41.5 Å². The number of anilines is 1. The predicted octanol–water partition coefficient (Wildman–Crippen LogP) is 6.30. The molecular formula is C21H16Cl5N3O2. The van der Waals surface area contributed by atoms with Crippen molar-refractivity contribution in [3.63, 3.8) is 0 Å². The highest BCUT2D eigenvalue weighted by molar-refractivity contribution is 6.53. The SMILES string of the molecule is O=C(NN=CC1CC1)c1cc(NC(=O)C2[C@@H](c3cc(Cl)cc(Cl)c3)C2(Cl)Cl)ccc1Cl. The molecule has 2 aliphatic carbocycles.